The maximum Gasteiger partial charge on any atom is 0.165 e. The van der Waals surface area contributed by atoms with Gasteiger partial charge in [0.15, 0.2) is 5.75 Å². The number of ether oxygens (including phenoxy) is 1. The molecule has 0 spiro atoms. The highest BCUT2D eigenvalue weighted by molar-refractivity contribution is 9.10. The molecule has 4 nitrogen and oxygen atoms in total. The molecule has 2 rings (SSSR count). The fourth-order valence-electron chi connectivity index (χ4n) is 1.26. The quantitative estimate of drug-likeness (QED) is 0.848. The highest BCUT2D eigenvalue weighted by atomic mass is 79.9. The number of halogens is 1. The molecule has 0 fully saturated rings. The molecular weight excluding hydrogens is 270 g/mol. The van der Waals surface area contributed by atoms with Crippen LogP contribution in [0.15, 0.2) is 35.1 Å². The number of hydrogen-bond acceptors (Lipinski definition) is 3. The molecule has 16 heavy (non-hydrogen) atoms. The number of rotatable bonds is 2. The van der Waals surface area contributed by atoms with E-state index in [1.165, 1.54) is 0 Å². The van der Waals surface area contributed by atoms with Crippen molar-refractivity contribution < 1.29 is 4.74 Å². The van der Waals surface area contributed by atoms with Gasteiger partial charge in [-0.2, -0.15) is 10.4 Å². The van der Waals surface area contributed by atoms with Crippen molar-refractivity contribution in [1.29, 1.82) is 5.26 Å². The summed E-state index contributed by atoms with van der Waals surface area (Å²) in [5, 5.41) is 12.9. The van der Waals surface area contributed by atoms with Crippen molar-refractivity contribution in [3.63, 3.8) is 0 Å². The topological polar surface area (TPSA) is 50.8 Å². The average molecular weight is 278 g/mol. The van der Waals surface area contributed by atoms with Crippen LogP contribution in [0.5, 0.6) is 11.5 Å². The molecule has 0 aliphatic heterocycles. The maximum atomic E-state index is 8.95. The smallest absolute Gasteiger partial charge is 0.165 e. The van der Waals surface area contributed by atoms with Crippen molar-refractivity contribution in [3.05, 3.63) is 40.6 Å². The Bertz CT molecular complexity index is 557. The fourth-order valence-corrected chi connectivity index (χ4v) is 1.62. The van der Waals surface area contributed by atoms with Crippen LogP contribution in [0.25, 0.3) is 0 Å². The summed E-state index contributed by atoms with van der Waals surface area (Å²) in [5.41, 5.74) is 0.484. The van der Waals surface area contributed by atoms with Gasteiger partial charge in [0.05, 0.1) is 18.0 Å². The van der Waals surface area contributed by atoms with Gasteiger partial charge < -0.3 is 4.74 Å². The van der Waals surface area contributed by atoms with Crippen molar-refractivity contribution in [2.75, 3.05) is 0 Å². The molecule has 1 aromatic carbocycles. The molecule has 2 aromatic rings. The minimum Gasteiger partial charge on any atom is -0.453 e. The van der Waals surface area contributed by atoms with Gasteiger partial charge in [-0.05, 0) is 18.2 Å². The predicted molar refractivity (Wildman–Crippen MR) is 62.1 cm³/mol. The first-order chi connectivity index (χ1) is 7.69. The van der Waals surface area contributed by atoms with Crippen LogP contribution >= 0.6 is 15.9 Å². The number of nitriles is 1. The van der Waals surface area contributed by atoms with Crippen LogP contribution in [-0.4, -0.2) is 9.78 Å². The second-order valence-corrected chi connectivity index (χ2v) is 4.12. The van der Waals surface area contributed by atoms with E-state index in [1.54, 1.807) is 36.3 Å². The molecule has 0 bridgehead atoms. The summed E-state index contributed by atoms with van der Waals surface area (Å²) in [4.78, 5) is 0. The molecule has 5 heteroatoms. The zero-order chi connectivity index (χ0) is 11.5. The van der Waals surface area contributed by atoms with E-state index in [4.69, 9.17) is 10.00 Å². The lowest BCUT2D eigenvalue weighted by atomic mass is 10.2. The summed E-state index contributed by atoms with van der Waals surface area (Å²) < 4.78 is 8.04. The van der Waals surface area contributed by atoms with Gasteiger partial charge in [-0.15, -0.1) is 0 Å². The van der Waals surface area contributed by atoms with Crippen LogP contribution in [0.3, 0.4) is 0 Å². The predicted octanol–water partition coefficient (Wildman–Crippen LogP) is 2.85. The van der Waals surface area contributed by atoms with Gasteiger partial charge in [-0.1, -0.05) is 15.9 Å². The van der Waals surface area contributed by atoms with E-state index in [0.29, 0.717) is 17.1 Å². The first kappa shape index (κ1) is 10.7. The molecule has 0 atom stereocenters. The Morgan fingerprint density at radius 3 is 2.94 bits per heavy atom. The second-order valence-electron chi connectivity index (χ2n) is 3.20. The monoisotopic (exact) mass is 277 g/mol. The van der Waals surface area contributed by atoms with Crippen LogP contribution in [-0.2, 0) is 7.05 Å². The fraction of sp³-hybridized carbons (Fsp3) is 0.0909. The van der Waals surface area contributed by atoms with Crippen LogP contribution < -0.4 is 4.74 Å². The van der Waals surface area contributed by atoms with Crippen molar-refractivity contribution >= 4 is 15.9 Å². The van der Waals surface area contributed by atoms with E-state index in [2.05, 4.69) is 27.1 Å². The van der Waals surface area contributed by atoms with Gasteiger partial charge in [0.1, 0.15) is 11.8 Å². The lowest BCUT2D eigenvalue weighted by Crippen LogP contribution is -1.87. The normalized spacial score (nSPS) is 9.81. The number of nitrogens with zero attached hydrogens (tertiary/aromatic N) is 3. The molecular formula is C11H8BrN3O. The van der Waals surface area contributed by atoms with Crippen LogP contribution in [0.2, 0.25) is 0 Å². The molecule has 0 radical (unpaired) electrons. The zero-order valence-corrected chi connectivity index (χ0v) is 10.1. The third kappa shape index (κ3) is 2.23. The largest absolute Gasteiger partial charge is 0.453 e. The molecule has 0 saturated heterocycles. The maximum absolute atomic E-state index is 8.95. The summed E-state index contributed by atoms with van der Waals surface area (Å²) in [6.45, 7) is 0. The first-order valence-corrected chi connectivity index (χ1v) is 5.34. The van der Waals surface area contributed by atoms with Crippen LogP contribution in [0, 0.1) is 11.3 Å². The van der Waals surface area contributed by atoms with Gasteiger partial charge in [0.2, 0.25) is 0 Å². The van der Waals surface area contributed by atoms with Crippen molar-refractivity contribution in [1.82, 2.24) is 9.78 Å². The van der Waals surface area contributed by atoms with Crippen LogP contribution in [0.1, 0.15) is 5.56 Å². The number of hydrogen-bond donors (Lipinski definition) is 0. The summed E-state index contributed by atoms with van der Waals surface area (Å²) >= 11 is 3.30. The molecule has 0 aliphatic rings. The number of aryl methyl sites for hydroxylation is 1. The molecule has 80 valence electrons. The molecule has 0 unspecified atom stereocenters. The average Bonchev–Trinajstić information content (AvgIpc) is 2.67. The van der Waals surface area contributed by atoms with Crippen LogP contribution in [0.4, 0.5) is 0 Å². The Hall–Kier alpha value is -1.80. The standard InChI is InChI=1S/C11H8BrN3O/c1-15-7-10(6-14-15)16-11-3-2-9(12)4-8(11)5-13/h2-4,6-7H,1H3. The molecule has 0 saturated carbocycles. The minimum absolute atomic E-state index is 0.484. The van der Waals surface area contributed by atoms with E-state index in [1.807, 2.05) is 6.07 Å². The Morgan fingerprint density at radius 1 is 1.50 bits per heavy atom. The summed E-state index contributed by atoms with van der Waals surface area (Å²) in [7, 11) is 1.81. The summed E-state index contributed by atoms with van der Waals surface area (Å²) in [5.74, 6) is 1.14. The molecule has 1 heterocycles. The minimum atomic E-state index is 0.484. The lowest BCUT2D eigenvalue weighted by molar-refractivity contribution is 0.480. The SMILES string of the molecule is Cn1cc(Oc2ccc(Br)cc2C#N)cn1. The van der Waals surface area contributed by atoms with E-state index in [9.17, 15) is 0 Å². The van der Waals surface area contributed by atoms with E-state index >= 15 is 0 Å². The first-order valence-electron chi connectivity index (χ1n) is 4.55. The van der Waals surface area contributed by atoms with Gasteiger partial charge in [0.25, 0.3) is 0 Å². The second kappa shape index (κ2) is 4.37. The van der Waals surface area contributed by atoms with Gasteiger partial charge in [-0.25, -0.2) is 0 Å². The Kier molecular flexibility index (Phi) is 2.93. The molecule has 0 amide bonds. The van der Waals surface area contributed by atoms with E-state index in [-0.39, 0.29) is 0 Å². The van der Waals surface area contributed by atoms with Crippen molar-refractivity contribution in [2.24, 2.45) is 7.05 Å². The van der Waals surface area contributed by atoms with E-state index < -0.39 is 0 Å². The van der Waals surface area contributed by atoms with E-state index in [0.717, 1.165) is 4.47 Å². The lowest BCUT2D eigenvalue weighted by Gasteiger charge is -2.04. The Morgan fingerprint density at radius 2 is 2.31 bits per heavy atom. The van der Waals surface area contributed by atoms with Gasteiger partial charge in [-0.3, -0.25) is 4.68 Å². The molecule has 0 N–H and O–H groups in total. The van der Waals surface area contributed by atoms with Crippen molar-refractivity contribution in [3.8, 4) is 17.6 Å². The summed E-state index contributed by atoms with van der Waals surface area (Å²) in [6, 6.07) is 7.37. The Labute approximate surface area is 101 Å². The van der Waals surface area contributed by atoms with Gasteiger partial charge in [0, 0.05) is 11.5 Å². The highest BCUT2D eigenvalue weighted by Gasteiger charge is 2.06. The third-order valence-electron chi connectivity index (χ3n) is 1.97. The van der Waals surface area contributed by atoms with Crippen molar-refractivity contribution in [2.45, 2.75) is 0 Å². The number of aromatic nitrogens is 2. The molecule has 1 aromatic heterocycles. The summed E-state index contributed by atoms with van der Waals surface area (Å²) in [6.07, 6.45) is 3.34. The Balaban J connectivity index is 2.31. The zero-order valence-electron chi connectivity index (χ0n) is 8.51. The number of benzene rings is 1. The third-order valence-corrected chi connectivity index (χ3v) is 2.46. The highest BCUT2D eigenvalue weighted by Crippen LogP contribution is 2.26. The van der Waals surface area contributed by atoms with Gasteiger partial charge >= 0.3 is 0 Å². The molecule has 0 aliphatic carbocycles.